The van der Waals surface area contributed by atoms with Gasteiger partial charge in [0.15, 0.2) is 0 Å². The van der Waals surface area contributed by atoms with Crippen molar-refractivity contribution in [2.24, 2.45) is 0 Å². The Balaban J connectivity index is 1.86. The number of nitrogens with one attached hydrogen (secondary N) is 1. The first-order chi connectivity index (χ1) is 11.2. The van der Waals surface area contributed by atoms with Crippen LogP contribution in [0.25, 0.3) is 11.0 Å². The summed E-state index contributed by atoms with van der Waals surface area (Å²) in [6, 6.07) is 7.42. The number of ether oxygens (including phenoxy) is 2. The zero-order chi connectivity index (χ0) is 16.2. The van der Waals surface area contributed by atoms with Crippen molar-refractivity contribution in [3.05, 3.63) is 47.2 Å². The molecular formula is C16H15ClN4O2. The second-order valence-electron chi connectivity index (χ2n) is 4.81. The number of pyridine rings is 1. The van der Waals surface area contributed by atoms with Crippen LogP contribution in [-0.4, -0.2) is 29.4 Å². The molecule has 118 valence electrons. The van der Waals surface area contributed by atoms with E-state index in [1.54, 1.807) is 32.7 Å². The van der Waals surface area contributed by atoms with Gasteiger partial charge in [-0.2, -0.15) is 5.10 Å². The monoisotopic (exact) mass is 330 g/mol. The third-order valence-electron chi connectivity index (χ3n) is 3.41. The molecule has 1 aromatic carbocycles. The van der Waals surface area contributed by atoms with Gasteiger partial charge < -0.3 is 14.8 Å². The summed E-state index contributed by atoms with van der Waals surface area (Å²) < 4.78 is 10.6. The van der Waals surface area contributed by atoms with E-state index in [0.29, 0.717) is 17.1 Å². The second kappa shape index (κ2) is 6.66. The maximum Gasteiger partial charge on any atom is 0.127 e. The van der Waals surface area contributed by atoms with E-state index in [0.717, 1.165) is 28.3 Å². The molecular weight excluding hydrogens is 316 g/mol. The van der Waals surface area contributed by atoms with E-state index < -0.39 is 0 Å². The number of rotatable bonds is 5. The lowest BCUT2D eigenvalue weighted by Crippen LogP contribution is -2.04. The Hall–Kier alpha value is -2.60. The molecule has 0 fully saturated rings. The molecule has 0 bridgehead atoms. The highest BCUT2D eigenvalue weighted by molar-refractivity contribution is 6.31. The van der Waals surface area contributed by atoms with Crippen LogP contribution >= 0.6 is 11.6 Å². The van der Waals surface area contributed by atoms with Gasteiger partial charge in [0.2, 0.25) is 0 Å². The Morgan fingerprint density at radius 2 is 2.00 bits per heavy atom. The zero-order valence-corrected chi connectivity index (χ0v) is 13.5. The van der Waals surface area contributed by atoms with E-state index in [2.05, 4.69) is 20.5 Å². The summed E-state index contributed by atoms with van der Waals surface area (Å²) in [5, 5.41) is 11.8. The average molecular weight is 331 g/mol. The SMILES string of the molecule is COc1ccc(CNc2cnnc3cc(Cl)cnc23)c(OC)c1. The van der Waals surface area contributed by atoms with Crippen molar-refractivity contribution in [2.75, 3.05) is 19.5 Å². The van der Waals surface area contributed by atoms with Crippen molar-refractivity contribution in [2.45, 2.75) is 6.54 Å². The molecule has 0 radical (unpaired) electrons. The molecule has 7 heteroatoms. The predicted octanol–water partition coefficient (Wildman–Crippen LogP) is 3.31. The second-order valence-corrected chi connectivity index (χ2v) is 5.25. The van der Waals surface area contributed by atoms with Gasteiger partial charge in [-0.05, 0) is 18.2 Å². The van der Waals surface area contributed by atoms with Gasteiger partial charge in [0.05, 0.1) is 31.1 Å². The van der Waals surface area contributed by atoms with Crippen LogP contribution in [0.1, 0.15) is 5.56 Å². The zero-order valence-electron chi connectivity index (χ0n) is 12.7. The Morgan fingerprint density at radius 1 is 1.13 bits per heavy atom. The summed E-state index contributed by atoms with van der Waals surface area (Å²) >= 11 is 5.93. The fourth-order valence-corrected chi connectivity index (χ4v) is 2.39. The number of anilines is 1. The van der Waals surface area contributed by atoms with Gasteiger partial charge in [-0.1, -0.05) is 11.6 Å². The van der Waals surface area contributed by atoms with Gasteiger partial charge in [-0.3, -0.25) is 4.98 Å². The highest BCUT2D eigenvalue weighted by atomic mass is 35.5. The van der Waals surface area contributed by atoms with E-state index in [9.17, 15) is 0 Å². The van der Waals surface area contributed by atoms with Crippen LogP contribution in [0.4, 0.5) is 5.69 Å². The summed E-state index contributed by atoms with van der Waals surface area (Å²) in [6.07, 6.45) is 3.23. The molecule has 1 N–H and O–H groups in total. The van der Waals surface area contributed by atoms with Crippen LogP contribution in [0.3, 0.4) is 0 Å². The van der Waals surface area contributed by atoms with Gasteiger partial charge >= 0.3 is 0 Å². The van der Waals surface area contributed by atoms with Gasteiger partial charge in [-0.15, -0.1) is 5.10 Å². The van der Waals surface area contributed by atoms with Crippen molar-refractivity contribution in [1.82, 2.24) is 15.2 Å². The highest BCUT2D eigenvalue weighted by Gasteiger charge is 2.08. The summed E-state index contributed by atoms with van der Waals surface area (Å²) in [5.41, 5.74) is 3.14. The molecule has 0 unspecified atom stereocenters. The third-order valence-corrected chi connectivity index (χ3v) is 3.61. The van der Waals surface area contributed by atoms with E-state index >= 15 is 0 Å². The van der Waals surface area contributed by atoms with Gasteiger partial charge in [0, 0.05) is 24.4 Å². The minimum Gasteiger partial charge on any atom is -0.497 e. The maximum absolute atomic E-state index is 5.93. The number of hydrogen-bond donors (Lipinski definition) is 1. The molecule has 2 heterocycles. The van der Waals surface area contributed by atoms with Crippen LogP contribution in [0.15, 0.2) is 36.7 Å². The summed E-state index contributed by atoms with van der Waals surface area (Å²) in [7, 11) is 3.25. The molecule has 3 aromatic rings. The van der Waals surface area contributed by atoms with Crippen LogP contribution in [-0.2, 0) is 6.54 Å². The predicted molar refractivity (Wildman–Crippen MR) is 89.2 cm³/mol. The largest absolute Gasteiger partial charge is 0.497 e. The fourth-order valence-electron chi connectivity index (χ4n) is 2.24. The molecule has 3 rings (SSSR count). The smallest absolute Gasteiger partial charge is 0.127 e. The van der Waals surface area contributed by atoms with E-state index in [1.165, 1.54) is 0 Å². The van der Waals surface area contributed by atoms with E-state index in [-0.39, 0.29) is 0 Å². The van der Waals surface area contributed by atoms with Gasteiger partial charge in [0.1, 0.15) is 22.5 Å². The number of benzene rings is 1. The average Bonchev–Trinajstić information content (AvgIpc) is 2.59. The molecule has 23 heavy (non-hydrogen) atoms. The number of nitrogens with zero attached hydrogens (tertiary/aromatic N) is 3. The first kappa shape index (κ1) is 15.3. The Morgan fingerprint density at radius 3 is 2.78 bits per heavy atom. The molecule has 0 aliphatic rings. The molecule has 0 saturated carbocycles. The number of methoxy groups -OCH3 is 2. The van der Waals surface area contributed by atoms with Crippen molar-refractivity contribution in [1.29, 1.82) is 0 Å². The number of fused-ring (bicyclic) bond motifs is 1. The first-order valence-corrected chi connectivity index (χ1v) is 7.31. The molecule has 0 aliphatic heterocycles. The van der Waals surface area contributed by atoms with Crippen molar-refractivity contribution >= 4 is 28.3 Å². The highest BCUT2D eigenvalue weighted by Crippen LogP contribution is 2.26. The maximum atomic E-state index is 5.93. The topological polar surface area (TPSA) is 69.2 Å². The summed E-state index contributed by atoms with van der Waals surface area (Å²) in [6.45, 7) is 0.554. The molecule has 2 aromatic heterocycles. The molecule has 0 saturated heterocycles. The van der Waals surface area contributed by atoms with Crippen LogP contribution in [0.2, 0.25) is 5.02 Å². The standard InChI is InChI=1S/C16H15ClN4O2/c1-22-12-4-3-10(15(6-12)23-2)7-18-14-9-20-21-13-5-11(17)8-19-16(13)14/h3-6,8-9H,7H2,1-2H3,(H,18,21). The van der Waals surface area contributed by atoms with E-state index in [4.69, 9.17) is 21.1 Å². The number of aromatic nitrogens is 3. The lowest BCUT2D eigenvalue weighted by Gasteiger charge is -2.12. The van der Waals surface area contributed by atoms with Crippen molar-refractivity contribution in [3.63, 3.8) is 0 Å². The normalized spacial score (nSPS) is 10.6. The number of halogens is 1. The summed E-state index contributed by atoms with van der Waals surface area (Å²) in [4.78, 5) is 4.31. The molecule has 0 amide bonds. The molecule has 0 atom stereocenters. The van der Waals surface area contributed by atoms with Crippen LogP contribution in [0, 0.1) is 0 Å². The Labute approximate surface area is 138 Å². The van der Waals surface area contributed by atoms with Gasteiger partial charge in [0.25, 0.3) is 0 Å². The minimum atomic E-state index is 0.528. The van der Waals surface area contributed by atoms with Gasteiger partial charge in [-0.25, -0.2) is 0 Å². The minimum absolute atomic E-state index is 0.528. The van der Waals surface area contributed by atoms with E-state index in [1.807, 2.05) is 18.2 Å². The Kier molecular flexibility index (Phi) is 4.43. The third kappa shape index (κ3) is 3.27. The molecule has 0 aliphatic carbocycles. The summed E-state index contributed by atoms with van der Waals surface area (Å²) in [5.74, 6) is 1.50. The fraction of sp³-hybridized carbons (Fsp3) is 0.188. The number of hydrogen-bond acceptors (Lipinski definition) is 6. The van der Waals surface area contributed by atoms with Crippen molar-refractivity contribution in [3.8, 4) is 11.5 Å². The van der Waals surface area contributed by atoms with Crippen LogP contribution < -0.4 is 14.8 Å². The lowest BCUT2D eigenvalue weighted by atomic mass is 10.2. The quantitative estimate of drug-likeness (QED) is 0.774. The van der Waals surface area contributed by atoms with Crippen molar-refractivity contribution < 1.29 is 9.47 Å². The lowest BCUT2D eigenvalue weighted by molar-refractivity contribution is 0.391. The molecule has 6 nitrogen and oxygen atoms in total. The molecule has 0 spiro atoms. The first-order valence-electron chi connectivity index (χ1n) is 6.93. The Bertz CT molecular complexity index is 841. The van der Waals surface area contributed by atoms with Crippen LogP contribution in [0.5, 0.6) is 11.5 Å².